The first-order valence-electron chi connectivity index (χ1n) is 15.0. The van der Waals surface area contributed by atoms with Crippen molar-refractivity contribution in [3.05, 3.63) is 152 Å². The van der Waals surface area contributed by atoms with E-state index in [4.69, 9.17) is 19.4 Å². The molecule has 0 saturated heterocycles. The number of hydrogen-bond acceptors (Lipinski definition) is 4. The maximum Gasteiger partial charge on any atom is 0.167 e. The Kier molecular flexibility index (Phi) is 5.78. The summed E-state index contributed by atoms with van der Waals surface area (Å²) >= 11 is 0. The average molecular weight is 576 g/mol. The predicted octanol–water partition coefficient (Wildman–Crippen LogP) is 10.7. The standard InChI is InChI=1S/C41H25N3O/c1-2-11-26(12-3-1)31-24-29-15-6-7-16-32(29)36(25-31)41-43-39(30-22-21-27-13-4-5-14-28(27)23-30)42-40(44-41)35-19-10-18-34-33-17-8-9-20-37(33)45-38(34)35/h1-25H. The largest absolute Gasteiger partial charge is 0.455 e. The van der Waals surface area contributed by atoms with E-state index in [0.29, 0.717) is 17.5 Å². The Bertz CT molecular complexity index is 2550. The summed E-state index contributed by atoms with van der Waals surface area (Å²) in [5.41, 5.74) is 6.57. The normalized spacial score (nSPS) is 11.6. The zero-order valence-electron chi connectivity index (χ0n) is 24.2. The zero-order chi connectivity index (χ0) is 29.7. The fourth-order valence-electron chi connectivity index (χ4n) is 6.29. The summed E-state index contributed by atoms with van der Waals surface area (Å²) < 4.78 is 6.43. The first kappa shape index (κ1) is 25.4. The maximum atomic E-state index is 6.43. The van der Waals surface area contributed by atoms with Gasteiger partial charge in [-0.25, -0.2) is 15.0 Å². The van der Waals surface area contributed by atoms with Crippen molar-refractivity contribution in [1.29, 1.82) is 0 Å². The number of fused-ring (bicyclic) bond motifs is 5. The molecule has 9 rings (SSSR count). The summed E-state index contributed by atoms with van der Waals surface area (Å²) in [5, 5.41) is 6.62. The lowest BCUT2D eigenvalue weighted by molar-refractivity contribution is 0.669. The van der Waals surface area contributed by atoms with Crippen molar-refractivity contribution >= 4 is 43.5 Å². The van der Waals surface area contributed by atoms with E-state index in [9.17, 15) is 0 Å². The van der Waals surface area contributed by atoms with Gasteiger partial charge in [-0.2, -0.15) is 0 Å². The first-order chi connectivity index (χ1) is 22.3. The minimum atomic E-state index is 0.571. The van der Waals surface area contributed by atoms with Crippen LogP contribution in [0.1, 0.15) is 0 Å². The van der Waals surface area contributed by atoms with Gasteiger partial charge in [-0.15, -0.1) is 0 Å². The summed E-state index contributed by atoms with van der Waals surface area (Å²) in [6.45, 7) is 0. The molecular weight excluding hydrogens is 550 g/mol. The lowest BCUT2D eigenvalue weighted by Gasteiger charge is -2.13. The van der Waals surface area contributed by atoms with Crippen molar-refractivity contribution in [1.82, 2.24) is 15.0 Å². The summed E-state index contributed by atoms with van der Waals surface area (Å²) in [6.07, 6.45) is 0. The molecule has 0 bridgehead atoms. The molecule has 0 fully saturated rings. The Balaban J connectivity index is 1.34. The number of nitrogens with zero attached hydrogens (tertiary/aromatic N) is 3. The third-order valence-electron chi connectivity index (χ3n) is 8.50. The second kappa shape index (κ2) is 10.2. The molecule has 4 nitrogen and oxygen atoms in total. The molecular formula is C41H25N3O. The predicted molar refractivity (Wildman–Crippen MR) is 184 cm³/mol. The zero-order valence-corrected chi connectivity index (χ0v) is 24.2. The van der Waals surface area contributed by atoms with Crippen LogP contribution < -0.4 is 0 Å². The Morgan fingerprint density at radius 1 is 0.356 bits per heavy atom. The third-order valence-corrected chi connectivity index (χ3v) is 8.50. The molecule has 0 unspecified atom stereocenters. The molecule has 0 amide bonds. The monoisotopic (exact) mass is 575 g/mol. The Labute approximate surface area is 259 Å². The average Bonchev–Trinajstić information content (AvgIpc) is 3.50. The number of hydrogen-bond donors (Lipinski definition) is 0. The van der Waals surface area contributed by atoms with Gasteiger partial charge in [-0.3, -0.25) is 0 Å². The molecule has 0 aliphatic rings. The summed E-state index contributed by atoms with van der Waals surface area (Å²) in [4.78, 5) is 15.5. The SMILES string of the molecule is c1ccc(-c2cc(-c3nc(-c4ccc5ccccc5c4)nc(-c4cccc5c4oc4ccccc45)n3)c3ccccc3c2)cc1. The Hall–Kier alpha value is -6.13. The second-order valence-corrected chi connectivity index (χ2v) is 11.3. The topological polar surface area (TPSA) is 51.8 Å². The van der Waals surface area contributed by atoms with Crippen LogP contribution in [-0.4, -0.2) is 15.0 Å². The van der Waals surface area contributed by atoms with Gasteiger partial charge in [0.05, 0.1) is 5.56 Å². The highest BCUT2D eigenvalue weighted by atomic mass is 16.3. The number of furan rings is 1. The molecule has 0 aliphatic carbocycles. The van der Waals surface area contributed by atoms with Gasteiger partial charge in [-0.1, -0.05) is 121 Å². The van der Waals surface area contributed by atoms with Gasteiger partial charge in [0.25, 0.3) is 0 Å². The van der Waals surface area contributed by atoms with E-state index in [-0.39, 0.29) is 0 Å². The van der Waals surface area contributed by atoms with E-state index in [2.05, 4.69) is 115 Å². The molecule has 2 aromatic heterocycles. The van der Waals surface area contributed by atoms with Crippen molar-refractivity contribution < 1.29 is 4.42 Å². The van der Waals surface area contributed by atoms with E-state index >= 15 is 0 Å². The highest BCUT2D eigenvalue weighted by Gasteiger charge is 2.19. The van der Waals surface area contributed by atoms with Crippen molar-refractivity contribution in [2.45, 2.75) is 0 Å². The van der Waals surface area contributed by atoms with Crippen LogP contribution >= 0.6 is 0 Å². The van der Waals surface area contributed by atoms with E-state index in [1.807, 2.05) is 36.4 Å². The number of benzene rings is 7. The highest BCUT2D eigenvalue weighted by molar-refractivity contribution is 6.09. The number of rotatable bonds is 4. The van der Waals surface area contributed by atoms with Crippen LogP contribution in [0.3, 0.4) is 0 Å². The van der Waals surface area contributed by atoms with E-state index in [0.717, 1.165) is 65.9 Å². The Morgan fingerprint density at radius 2 is 1.00 bits per heavy atom. The highest BCUT2D eigenvalue weighted by Crippen LogP contribution is 2.38. The molecule has 0 aliphatic heterocycles. The van der Waals surface area contributed by atoms with E-state index < -0.39 is 0 Å². The fourth-order valence-corrected chi connectivity index (χ4v) is 6.29. The second-order valence-electron chi connectivity index (χ2n) is 11.3. The van der Waals surface area contributed by atoms with Gasteiger partial charge in [0.15, 0.2) is 17.5 Å². The van der Waals surface area contributed by atoms with Crippen LogP contribution in [0.4, 0.5) is 0 Å². The Morgan fingerprint density at radius 3 is 1.87 bits per heavy atom. The molecule has 4 heteroatoms. The van der Waals surface area contributed by atoms with Crippen molar-refractivity contribution in [2.75, 3.05) is 0 Å². The summed E-state index contributed by atoms with van der Waals surface area (Å²) in [5.74, 6) is 1.80. The van der Waals surface area contributed by atoms with Gasteiger partial charge >= 0.3 is 0 Å². The van der Waals surface area contributed by atoms with Gasteiger partial charge < -0.3 is 4.42 Å². The van der Waals surface area contributed by atoms with Gasteiger partial charge in [0, 0.05) is 21.9 Å². The van der Waals surface area contributed by atoms with Crippen molar-refractivity contribution in [3.8, 4) is 45.3 Å². The molecule has 0 saturated carbocycles. The number of aromatic nitrogens is 3. The molecule has 7 aromatic carbocycles. The van der Waals surface area contributed by atoms with Crippen LogP contribution in [0.25, 0.3) is 88.8 Å². The molecule has 210 valence electrons. The van der Waals surface area contributed by atoms with Crippen LogP contribution in [0, 0.1) is 0 Å². The van der Waals surface area contributed by atoms with Gasteiger partial charge in [0.1, 0.15) is 11.2 Å². The quantitative estimate of drug-likeness (QED) is 0.209. The third kappa shape index (κ3) is 4.35. The molecule has 45 heavy (non-hydrogen) atoms. The minimum absolute atomic E-state index is 0.571. The molecule has 0 N–H and O–H groups in total. The molecule has 0 radical (unpaired) electrons. The van der Waals surface area contributed by atoms with E-state index in [1.54, 1.807) is 0 Å². The summed E-state index contributed by atoms with van der Waals surface area (Å²) in [6, 6.07) is 52.3. The van der Waals surface area contributed by atoms with Crippen LogP contribution in [0.15, 0.2) is 156 Å². The molecule has 2 heterocycles. The first-order valence-corrected chi connectivity index (χ1v) is 15.0. The minimum Gasteiger partial charge on any atom is -0.455 e. The molecule has 9 aromatic rings. The van der Waals surface area contributed by atoms with Crippen molar-refractivity contribution in [2.24, 2.45) is 0 Å². The van der Waals surface area contributed by atoms with Crippen LogP contribution in [0.5, 0.6) is 0 Å². The van der Waals surface area contributed by atoms with Gasteiger partial charge in [-0.05, 0) is 63.0 Å². The van der Waals surface area contributed by atoms with E-state index in [1.165, 1.54) is 5.39 Å². The summed E-state index contributed by atoms with van der Waals surface area (Å²) in [7, 11) is 0. The fraction of sp³-hybridized carbons (Fsp3) is 0. The number of para-hydroxylation sites is 2. The molecule has 0 spiro atoms. The maximum absolute atomic E-state index is 6.43. The lowest BCUT2D eigenvalue weighted by atomic mass is 9.96. The van der Waals surface area contributed by atoms with Crippen LogP contribution in [0.2, 0.25) is 0 Å². The smallest absolute Gasteiger partial charge is 0.167 e. The molecule has 0 atom stereocenters. The van der Waals surface area contributed by atoms with Gasteiger partial charge in [0.2, 0.25) is 0 Å². The van der Waals surface area contributed by atoms with Crippen LogP contribution in [-0.2, 0) is 0 Å². The van der Waals surface area contributed by atoms with Crippen molar-refractivity contribution in [3.63, 3.8) is 0 Å². The lowest BCUT2D eigenvalue weighted by Crippen LogP contribution is -2.01.